The molecule has 7 nitrogen and oxygen atoms in total. The van der Waals surface area contributed by atoms with Crippen LogP contribution in [0, 0.1) is 0 Å². The van der Waals surface area contributed by atoms with Crippen LogP contribution < -0.4 is 19.9 Å². The summed E-state index contributed by atoms with van der Waals surface area (Å²) in [7, 11) is 1.91. The number of carbonyl (C=O) groups excluding carboxylic acids is 1. The second-order valence-electron chi connectivity index (χ2n) is 8.66. The zero-order valence-corrected chi connectivity index (χ0v) is 18.4. The largest absolute Gasteiger partial charge is 0.471 e. The van der Waals surface area contributed by atoms with Gasteiger partial charge in [-0.3, -0.25) is 4.79 Å². The molecule has 30 heavy (non-hydrogen) atoms. The Hall–Kier alpha value is -2.80. The van der Waals surface area contributed by atoms with Crippen molar-refractivity contribution in [2.45, 2.75) is 45.4 Å². The fraction of sp³-hybridized carbons (Fsp3) is 0.478. The number of aromatic nitrogens is 1. The molecule has 7 heteroatoms. The number of benzene rings is 1. The highest BCUT2D eigenvalue weighted by Crippen LogP contribution is 2.26. The van der Waals surface area contributed by atoms with Gasteiger partial charge in [0.1, 0.15) is 11.9 Å². The molecule has 3 rings (SSSR count). The van der Waals surface area contributed by atoms with Crippen LogP contribution in [-0.2, 0) is 4.79 Å². The van der Waals surface area contributed by atoms with Gasteiger partial charge in [0.05, 0.1) is 24.7 Å². The van der Waals surface area contributed by atoms with E-state index in [2.05, 4.69) is 27.3 Å². The van der Waals surface area contributed by atoms with E-state index in [1.54, 1.807) is 13.8 Å². The molecule has 162 valence electrons. The van der Waals surface area contributed by atoms with Gasteiger partial charge < -0.3 is 25.0 Å². The molecule has 0 unspecified atom stereocenters. The summed E-state index contributed by atoms with van der Waals surface area (Å²) in [6, 6.07) is 13.9. The molecule has 1 atom stereocenters. The SMILES string of the molecule is CC(=O)N[C@@H](C)c1ccc(N2CC(Oc3cccc(N(C)CC(C)(C)O)n3)C2)cc1. The monoisotopic (exact) mass is 412 g/mol. The fourth-order valence-electron chi connectivity index (χ4n) is 3.60. The number of nitrogens with zero attached hydrogens (tertiary/aromatic N) is 3. The topological polar surface area (TPSA) is 77.9 Å². The Kier molecular flexibility index (Phi) is 6.51. The molecule has 1 aliphatic rings. The first-order valence-corrected chi connectivity index (χ1v) is 10.3. The van der Waals surface area contributed by atoms with E-state index < -0.39 is 5.60 Å². The van der Waals surface area contributed by atoms with Gasteiger partial charge in [0.2, 0.25) is 11.8 Å². The Morgan fingerprint density at radius 2 is 1.97 bits per heavy atom. The normalized spacial score (nSPS) is 15.3. The first-order valence-electron chi connectivity index (χ1n) is 10.3. The predicted molar refractivity (Wildman–Crippen MR) is 119 cm³/mol. The third kappa shape index (κ3) is 5.86. The molecule has 1 aliphatic heterocycles. The lowest BCUT2D eigenvalue weighted by atomic mass is 10.1. The number of anilines is 2. The molecule has 2 aromatic rings. The number of rotatable bonds is 8. The van der Waals surface area contributed by atoms with Crippen LogP contribution in [0.3, 0.4) is 0 Å². The zero-order chi connectivity index (χ0) is 21.9. The van der Waals surface area contributed by atoms with Crippen LogP contribution in [-0.4, -0.2) is 54.4 Å². The molecule has 1 fully saturated rings. The third-order valence-electron chi connectivity index (χ3n) is 5.04. The summed E-state index contributed by atoms with van der Waals surface area (Å²) in [5.74, 6) is 1.34. The van der Waals surface area contributed by atoms with Crippen molar-refractivity contribution in [2.75, 3.05) is 36.5 Å². The average Bonchev–Trinajstić information content (AvgIpc) is 2.63. The molecule has 1 amide bonds. The second-order valence-corrected chi connectivity index (χ2v) is 8.66. The highest BCUT2D eigenvalue weighted by molar-refractivity contribution is 5.73. The Bertz CT molecular complexity index is 857. The van der Waals surface area contributed by atoms with E-state index in [1.807, 2.05) is 49.2 Å². The van der Waals surface area contributed by atoms with Crippen molar-refractivity contribution in [1.82, 2.24) is 10.3 Å². The lowest BCUT2D eigenvalue weighted by Gasteiger charge is -2.40. The molecule has 0 aliphatic carbocycles. The van der Waals surface area contributed by atoms with Gasteiger partial charge in [-0.15, -0.1) is 0 Å². The Morgan fingerprint density at radius 3 is 2.57 bits per heavy atom. The van der Waals surface area contributed by atoms with Crippen molar-refractivity contribution in [2.24, 2.45) is 0 Å². The molecule has 2 N–H and O–H groups in total. The molecule has 0 saturated carbocycles. The number of nitrogens with one attached hydrogen (secondary N) is 1. The quantitative estimate of drug-likeness (QED) is 0.694. The number of aliphatic hydroxyl groups is 1. The molecular weight excluding hydrogens is 380 g/mol. The number of hydrogen-bond acceptors (Lipinski definition) is 6. The van der Waals surface area contributed by atoms with Crippen LogP contribution in [0.5, 0.6) is 5.88 Å². The first-order chi connectivity index (χ1) is 14.1. The number of hydrogen-bond donors (Lipinski definition) is 2. The van der Waals surface area contributed by atoms with Crippen LogP contribution in [0.15, 0.2) is 42.5 Å². The van der Waals surface area contributed by atoms with Gasteiger partial charge in [0, 0.05) is 32.3 Å². The summed E-state index contributed by atoms with van der Waals surface area (Å²) in [5.41, 5.74) is 1.43. The third-order valence-corrected chi connectivity index (χ3v) is 5.04. The van der Waals surface area contributed by atoms with E-state index in [1.165, 1.54) is 6.92 Å². The Balaban J connectivity index is 1.52. The summed E-state index contributed by atoms with van der Waals surface area (Å²) in [5, 5.41) is 12.9. The van der Waals surface area contributed by atoms with Crippen molar-refractivity contribution in [3.8, 4) is 5.88 Å². The van der Waals surface area contributed by atoms with Crippen LogP contribution in [0.1, 0.15) is 39.3 Å². The maximum Gasteiger partial charge on any atom is 0.217 e. The van der Waals surface area contributed by atoms with Crippen molar-refractivity contribution >= 4 is 17.4 Å². The van der Waals surface area contributed by atoms with Crippen molar-refractivity contribution in [3.63, 3.8) is 0 Å². The van der Waals surface area contributed by atoms with Crippen LogP contribution in [0.25, 0.3) is 0 Å². The van der Waals surface area contributed by atoms with Crippen molar-refractivity contribution in [1.29, 1.82) is 0 Å². The average molecular weight is 413 g/mol. The maximum absolute atomic E-state index is 11.2. The minimum atomic E-state index is -0.794. The summed E-state index contributed by atoms with van der Waals surface area (Å²) < 4.78 is 6.04. The first kappa shape index (κ1) is 21.9. The smallest absolute Gasteiger partial charge is 0.217 e. The summed E-state index contributed by atoms with van der Waals surface area (Å²) >= 11 is 0. The van der Waals surface area contributed by atoms with Crippen molar-refractivity contribution in [3.05, 3.63) is 48.0 Å². The molecule has 1 aromatic carbocycles. The molecular formula is C23H32N4O3. The van der Waals surface area contributed by atoms with Gasteiger partial charge in [-0.05, 0) is 44.5 Å². The number of amides is 1. The molecule has 1 saturated heterocycles. The standard InChI is InChI=1S/C23H32N4O3/c1-16(24-17(2)28)18-9-11-19(12-10-18)27-13-20(14-27)30-22-8-6-7-21(25-22)26(5)15-23(3,4)29/h6-12,16,20,29H,13-15H2,1-5H3,(H,24,28)/t16-/m0/s1. The highest BCUT2D eigenvalue weighted by Gasteiger charge is 2.29. The van der Waals surface area contributed by atoms with Gasteiger partial charge in [-0.1, -0.05) is 18.2 Å². The van der Waals surface area contributed by atoms with Gasteiger partial charge in [0.15, 0.2) is 0 Å². The van der Waals surface area contributed by atoms with Crippen LogP contribution >= 0.6 is 0 Å². The van der Waals surface area contributed by atoms with E-state index in [9.17, 15) is 9.90 Å². The summed E-state index contributed by atoms with van der Waals surface area (Å²) in [6.07, 6.45) is 0.0883. The van der Waals surface area contributed by atoms with E-state index in [0.717, 1.165) is 30.2 Å². The van der Waals surface area contributed by atoms with Gasteiger partial charge in [-0.2, -0.15) is 4.98 Å². The molecule has 0 spiro atoms. The van der Waals surface area contributed by atoms with E-state index in [-0.39, 0.29) is 18.1 Å². The van der Waals surface area contributed by atoms with E-state index in [4.69, 9.17) is 4.74 Å². The van der Waals surface area contributed by atoms with E-state index in [0.29, 0.717) is 12.4 Å². The molecule has 0 radical (unpaired) electrons. The minimum Gasteiger partial charge on any atom is -0.471 e. The maximum atomic E-state index is 11.2. The summed E-state index contributed by atoms with van der Waals surface area (Å²) in [6.45, 7) is 9.14. The Labute approximate surface area is 178 Å². The Morgan fingerprint density at radius 1 is 1.30 bits per heavy atom. The van der Waals surface area contributed by atoms with Gasteiger partial charge >= 0.3 is 0 Å². The minimum absolute atomic E-state index is 0.00286. The van der Waals surface area contributed by atoms with Gasteiger partial charge in [0.25, 0.3) is 0 Å². The molecule has 1 aromatic heterocycles. The van der Waals surface area contributed by atoms with Crippen LogP contribution in [0.2, 0.25) is 0 Å². The number of pyridine rings is 1. The van der Waals surface area contributed by atoms with Crippen LogP contribution in [0.4, 0.5) is 11.5 Å². The van der Waals surface area contributed by atoms with Gasteiger partial charge in [-0.25, -0.2) is 0 Å². The molecule has 2 heterocycles. The fourth-order valence-corrected chi connectivity index (χ4v) is 3.60. The second kappa shape index (κ2) is 8.92. The zero-order valence-electron chi connectivity index (χ0n) is 18.4. The highest BCUT2D eigenvalue weighted by atomic mass is 16.5. The number of likely N-dealkylation sites (N-methyl/N-ethyl adjacent to an activating group) is 1. The number of ether oxygens (including phenoxy) is 1. The van der Waals surface area contributed by atoms with E-state index >= 15 is 0 Å². The lowest BCUT2D eigenvalue weighted by molar-refractivity contribution is -0.119. The van der Waals surface area contributed by atoms with Crippen molar-refractivity contribution < 1.29 is 14.6 Å². The lowest BCUT2D eigenvalue weighted by Crippen LogP contribution is -2.54. The molecule has 0 bridgehead atoms. The summed E-state index contributed by atoms with van der Waals surface area (Å²) in [4.78, 5) is 20.0. The predicted octanol–water partition coefficient (Wildman–Crippen LogP) is 2.75. The number of carbonyl (C=O) groups is 1.